The summed E-state index contributed by atoms with van der Waals surface area (Å²) in [5.41, 5.74) is -0.149. The Bertz CT molecular complexity index is 609. The molecule has 1 aromatic rings. The van der Waals surface area contributed by atoms with Gasteiger partial charge in [-0.1, -0.05) is 12.1 Å². The van der Waals surface area contributed by atoms with E-state index in [0.29, 0.717) is 0 Å². The fraction of sp³-hybridized carbons (Fsp3) is 0.353. The summed E-state index contributed by atoms with van der Waals surface area (Å²) in [5, 5.41) is 10.3. The van der Waals surface area contributed by atoms with Gasteiger partial charge >= 0.3 is 17.9 Å². The van der Waals surface area contributed by atoms with Crippen LogP contribution in [-0.2, 0) is 23.8 Å². The molecule has 130 valence electrons. The molecule has 0 aromatic heterocycles. The number of carbonyl (C=O) groups is 3. The normalized spacial score (nSPS) is 9.79. The van der Waals surface area contributed by atoms with Crippen LogP contribution in [0.3, 0.4) is 0 Å². The van der Waals surface area contributed by atoms with Crippen molar-refractivity contribution in [2.75, 3.05) is 19.8 Å². The molecule has 24 heavy (non-hydrogen) atoms. The van der Waals surface area contributed by atoms with Gasteiger partial charge in [-0.3, -0.25) is 0 Å². The van der Waals surface area contributed by atoms with Gasteiger partial charge < -0.3 is 19.3 Å². The highest BCUT2D eigenvalue weighted by atomic mass is 16.6. The molecule has 0 fully saturated rings. The van der Waals surface area contributed by atoms with Gasteiger partial charge in [0, 0.05) is 5.56 Å². The Hall–Kier alpha value is -2.83. The highest BCUT2D eigenvalue weighted by Gasteiger charge is 2.27. The lowest BCUT2D eigenvalue weighted by Crippen LogP contribution is -2.20. The first kappa shape index (κ1) is 19.2. The molecule has 0 bridgehead atoms. The van der Waals surface area contributed by atoms with Gasteiger partial charge in [0.25, 0.3) is 0 Å². The second-order valence-corrected chi connectivity index (χ2v) is 4.46. The van der Waals surface area contributed by atoms with Crippen LogP contribution < -0.4 is 0 Å². The van der Waals surface area contributed by atoms with E-state index in [9.17, 15) is 19.5 Å². The van der Waals surface area contributed by atoms with E-state index in [1.165, 1.54) is 24.3 Å². The molecule has 7 heteroatoms. The molecule has 0 aliphatic heterocycles. The van der Waals surface area contributed by atoms with Gasteiger partial charge in [-0.25, -0.2) is 14.4 Å². The number of hydrogen-bond donors (Lipinski definition) is 1. The van der Waals surface area contributed by atoms with Crippen molar-refractivity contribution in [1.82, 2.24) is 0 Å². The number of hydrogen-bond acceptors (Lipinski definition) is 7. The Morgan fingerprint density at radius 3 is 1.62 bits per heavy atom. The topological polar surface area (TPSA) is 99.1 Å². The van der Waals surface area contributed by atoms with E-state index >= 15 is 0 Å². The van der Waals surface area contributed by atoms with E-state index in [4.69, 9.17) is 14.2 Å². The molecule has 0 unspecified atom stereocenters. The van der Waals surface area contributed by atoms with Crippen LogP contribution in [0.5, 0.6) is 0 Å². The number of aliphatic hydroxyl groups is 1. The van der Waals surface area contributed by atoms with Gasteiger partial charge in [0.2, 0.25) is 0 Å². The van der Waals surface area contributed by atoms with E-state index < -0.39 is 29.2 Å². The van der Waals surface area contributed by atoms with Crippen LogP contribution >= 0.6 is 0 Å². The quantitative estimate of drug-likeness (QED) is 0.204. The number of carbonyl (C=O) groups excluding carboxylic acids is 3. The Morgan fingerprint density at radius 1 is 0.792 bits per heavy atom. The third-order valence-corrected chi connectivity index (χ3v) is 2.87. The van der Waals surface area contributed by atoms with Crippen LogP contribution in [0, 0.1) is 0 Å². The van der Waals surface area contributed by atoms with E-state index in [1.807, 2.05) is 0 Å². The SMILES string of the molecule is CCOC(=O)C(C(=O)OCC)=C(O)c1ccc(C(=O)OCC)cc1. The van der Waals surface area contributed by atoms with Crippen LogP contribution in [0.1, 0.15) is 36.7 Å². The lowest BCUT2D eigenvalue weighted by molar-refractivity contribution is -0.146. The van der Waals surface area contributed by atoms with E-state index in [0.717, 1.165) is 0 Å². The second kappa shape index (κ2) is 9.34. The molecule has 0 saturated heterocycles. The third-order valence-electron chi connectivity index (χ3n) is 2.87. The summed E-state index contributed by atoms with van der Waals surface area (Å²) in [7, 11) is 0. The lowest BCUT2D eigenvalue weighted by atomic mass is 10.1. The molecule has 0 heterocycles. The first-order chi connectivity index (χ1) is 11.5. The zero-order valence-electron chi connectivity index (χ0n) is 13.8. The van der Waals surface area contributed by atoms with Gasteiger partial charge in [-0.05, 0) is 32.9 Å². The maximum atomic E-state index is 11.9. The monoisotopic (exact) mass is 336 g/mol. The largest absolute Gasteiger partial charge is 0.506 e. The zero-order chi connectivity index (χ0) is 18.1. The molecule has 0 aliphatic rings. The van der Waals surface area contributed by atoms with Gasteiger partial charge in [0.1, 0.15) is 5.76 Å². The van der Waals surface area contributed by atoms with Crippen LogP contribution in [0.4, 0.5) is 0 Å². The molecule has 0 amide bonds. The van der Waals surface area contributed by atoms with Crippen LogP contribution in [0.2, 0.25) is 0 Å². The van der Waals surface area contributed by atoms with Gasteiger partial charge in [0.15, 0.2) is 5.57 Å². The smallest absolute Gasteiger partial charge is 0.349 e. The standard InChI is InChI=1S/C17H20O7/c1-4-22-15(19)12-9-7-11(8-10-12)14(18)13(16(20)23-5-2)17(21)24-6-3/h7-10,18H,4-6H2,1-3H3. The summed E-state index contributed by atoms with van der Waals surface area (Å²) in [4.78, 5) is 35.4. The van der Waals surface area contributed by atoms with Crippen molar-refractivity contribution in [1.29, 1.82) is 0 Å². The summed E-state index contributed by atoms with van der Waals surface area (Å²) in [6, 6.07) is 5.61. The second-order valence-electron chi connectivity index (χ2n) is 4.46. The van der Waals surface area contributed by atoms with Gasteiger partial charge in [0.05, 0.1) is 25.4 Å². The average Bonchev–Trinajstić information content (AvgIpc) is 2.56. The average molecular weight is 336 g/mol. The molecule has 0 aliphatic carbocycles. The first-order valence-electron chi connectivity index (χ1n) is 7.51. The van der Waals surface area contributed by atoms with Crippen molar-refractivity contribution in [2.24, 2.45) is 0 Å². The first-order valence-corrected chi connectivity index (χ1v) is 7.51. The molecule has 0 saturated carbocycles. The molecule has 0 radical (unpaired) electrons. The van der Waals surface area contributed by atoms with Crippen molar-refractivity contribution in [3.8, 4) is 0 Å². The molecule has 1 rings (SSSR count). The summed E-state index contributed by atoms with van der Waals surface area (Å²) in [6.07, 6.45) is 0. The summed E-state index contributed by atoms with van der Waals surface area (Å²) in [5.74, 6) is -3.06. The Balaban J connectivity index is 3.21. The number of benzene rings is 1. The van der Waals surface area contributed by atoms with Crippen molar-refractivity contribution >= 4 is 23.7 Å². The number of esters is 3. The fourth-order valence-corrected chi connectivity index (χ4v) is 1.81. The number of aliphatic hydroxyl groups excluding tert-OH is 1. The lowest BCUT2D eigenvalue weighted by Gasteiger charge is -2.10. The number of rotatable bonds is 7. The minimum absolute atomic E-state index is 0.0385. The molecule has 0 atom stereocenters. The van der Waals surface area contributed by atoms with Gasteiger partial charge in [-0.15, -0.1) is 0 Å². The maximum absolute atomic E-state index is 11.9. The minimum atomic E-state index is -0.983. The van der Waals surface area contributed by atoms with Gasteiger partial charge in [-0.2, -0.15) is 0 Å². The predicted molar refractivity (Wildman–Crippen MR) is 85.2 cm³/mol. The zero-order valence-corrected chi connectivity index (χ0v) is 13.8. The summed E-state index contributed by atoms with van der Waals surface area (Å²) >= 11 is 0. The summed E-state index contributed by atoms with van der Waals surface area (Å²) in [6.45, 7) is 5.15. The minimum Gasteiger partial charge on any atom is -0.506 e. The Kier molecular flexibility index (Phi) is 7.48. The molecule has 1 aromatic carbocycles. The molecule has 0 spiro atoms. The van der Waals surface area contributed by atoms with Crippen LogP contribution in [-0.4, -0.2) is 42.8 Å². The Labute approximate surface area is 139 Å². The van der Waals surface area contributed by atoms with Crippen molar-refractivity contribution in [3.63, 3.8) is 0 Å². The van der Waals surface area contributed by atoms with E-state index in [-0.39, 0.29) is 30.9 Å². The molecule has 1 N–H and O–H groups in total. The predicted octanol–water partition coefficient (Wildman–Crippen LogP) is 2.26. The van der Waals surface area contributed by atoms with Crippen molar-refractivity contribution < 1.29 is 33.7 Å². The van der Waals surface area contributed by atoms with Crippen LogP contribution in [0.15, 0.2) is 29.8 Å². The number of ether oxygens (including phenoxy) is 3. The Morgan fingerprint density at radius 2 is 1.21 bits per heavy atom. The highest BCUT2D eigenvalue weighted by Crippen LogP contribution is 2.19. The van der Waals surface area contributed by atoms with Crippen LogP contribution in [0.25, 0.3) is 5.76 Å². The molecular formula is C17H20O7. The highest BCUT2D eigenvalue weighted by molar-refractivity contribution is 6.19. The maximum Gasteiger partial charge on any atom is 0.349 e. The third kappa shape index (κ3) is 4.84. The van der Waals surface area contributed by atoms with E-state index in [1.54, 1.807) is 20.8 Å². The molecule has 7 nitrogen and oxygen atoms in total. The summed E-state index contributed by atoms with van der Waals surface area (Å²) < 4.78 is 14.4. The fourth-order valence-electron chi connectivity index (χ4n) is 1.81. The van der Waals surface area contributed by atoms with E-state index in [2.05, 4.69) is 0 Å². The van der Waals surface area contributed by atoms with Crippen molar-refractivity contribution in [3.05, 3.63) is 41.0 Å². The van der Waals surface area contributed by atoms with Crippen molar-refractivity contribution in [2.45, 2.75) is 20.8 Å². The molecular weight excluding hydrogens is 316 g/mol.